The summed E-state index contributed by atoms with van der Waals surface area (Å²) in [5, 5.41) is 2.15. The summed E-state index contributed by atoms with van der Waals surface area (Å²) in [6.07, 6.45) is 4.37. The third kappa shape index (κ3) is 2.95. The molecule has 0 bridgehead atoms. The summed E-state index contributed by atoms with van der Waals surface area (Å²) >= 11 is 0. The number of benzene rings is 2. The van der Waals surface area contributed by atoms with Crippen LogP contribution in [0.15, 0.2) is 55.1 Å². The number of para-hydroxylation sites is 1. The summed E-state index contributed by atoms with van der Waals surface area (Å²) in [5.41, 5.74) is 10.4. The van der Waals surface area contributed by atoms with Crippen LogP contribution >= 0.6 is 0 Å². The molecule has 1 aliphatic heterocycles. The van der Waals surface area contributed by atoms with Crippen molar-refractivity contribution in [3.8, 4) is 0 Å². The number of fused-ring (bicyclic) bond motifs is 1. The molecule has 3 rings (SSSR count). The molecule has 0 aromatic heterocycles. The van der Waals surface area contributed by atoms with Crippen molar-refractivity contribution in [2.24, 2.45) is 0 Å². The summed E-state index contributed by atoms with van der Waals surface area (Å²) < 4.78 is 0. The Hall–Kier alpha value is -2.68. The Morgan fingerprint density at radius 3 is 2.70 bits per heavy atom. The number of nitrogens with one attached hydrogen (secondary N) is 1. The standard InChI is InChI=1S/C20H23N3/c1-15-9-7-13-20-17(15)11-8-14-23(20)21-16(2)18-10-5-6-12-19(18)22(3)4/h5-13,21H,2,14H2,1,3-4H3. The van der Waals surface area contributed by atoms with E-state index >= 15 is 0 Å². The lowest BCUT2D eigenvalue weighted by Crippen LogP contribution is -2.38. The summed E-state index contributed by atoms with van der Waals surface area (Å²) in [4.78, 5) is 2.11. The molecule has 2 aromatic rings. The number of anilines is 2. The van der Waals surface area contributed by atoms with E-state index in [0.29, 0.717) is 0 Å². The van der Waals surface area contributed by atoms with E-state index in [0.717, 1.165) is 23.5 Å². The van der Waals surface area contributed by atoms with Crippen molar-refractivity contribution in [2.45, 2.75) is 6.92 Å². The maximum Gasteiger partial charge on any atom is 0.0650 e. The quantitative estimate of drug-likeness (QED) is 0.918. The van der Waals surface area contributed by atoms with Crippen molar-refractivity contribution in [1.29, 1.82) is 0 Å². The van der Waals surface area contributed by atoms with Gasteiger partial charge in [0.1, 0.15) is 0 Å². The van der Waals surface area contributed by atoms with Crippen LogP contribution in [0.4, 0.5) is 11.4 Å². The van der Waals surface area contributed by atoms with Gasteiger partial charge in [-0.3, -0.25) is 10.4 Å². The second kappa shape index (κ2) is 6.21. The predicted octanol–water partition coefficient (Wildman–Crippen LogP) is 4.07. The molecule has 1 aliphatic rings. The van der Waals surface area contributed by atoms with Crippen LogP contribution in [0.5, 0.6) is 0 Å². The molecular weight excluding hydrogens is 282 g/mol. The minimum atomic E-state index is 0.819. The Labute approximate surface area is 138 Å². The first kappa shape index (κ1) is 15.2. The first-order valence-electron chi connectivity index (χ1n) is 7.84. The van der Waals surface area contributed by atoms with Gasteiger partial charge in [0.2, 0.25) is 0 Å². The summed E-state index contributed by atoms with van der Waals surface area (Å²) in [6.45, 7) is 7.21. The minimum absolute atomic E-state index is 0.819. The van der Waals surface area contributed by atoms with Crippen molar-refractivity contribution < 1.29 is 0 Å². The first-order valence-corrected chi connectivity index (χ1v) is 7.84. The Balaban J connectivity index is 1.88. The Bertz CT molecular complexity index is 759. The van der Waals surface area contributed by atoms with Crippen LogP contribution in [0.2, 0.25) is 0 Å². The maximum absolute atomic E-state index is 4.25. The Morgan fingerprint density at radius 1 is 1.13 bits per heavy atom. The Morgan fingerprint density at radius 2 is 1.91 bits per heavy atom. The number of rotatable bonds is 4. The highest BCUT2D eigenvalue weighted by atomic mass is 15.5. The van der Waals surface area contributed by atoms with Crippen molar-refractivity contribution >= 4 is 23.1 Å². The van der Waals surface area contributed by atoms with Crippen LogP contribution in [-0.2, 0) is 0 Å². The third-order valence-corrected chi connectivity index (χ3v) is 4.15. The number of nitrogens with zero attached hydrogens (tertiary/aromatic N) is 2. The molecule has 1 N–H and O–H groups in total. The van der Waals surface area contributed by atoms with E-state index in [1.54, 1.807) is 0 Å². The molecule has 1 heterocycles. The van der Waals surface area contributed by atoms with Gasteiger partial charge in [-0.1, -0.05) is 49.1 Å². The van der Waals surface area contributed by atoms with Gasteiger partial charge in [-0.2, -0.15) is 0 Å². The first-order chi connectivity index (χ1) is 11.1. The molecule has 0 amide bonds. The molecule has 2 aromatic carbocycles. The van der Waals surface area contributed by atoms with Crippen LogP contribution in [-0.4, -0.2) is 20.6 Å². The van der Waals surface area contributed by atoms with E-state index in [1.807, 2.05) is 6.07 Å². The minimum Gasteiger partial charge on any atom is -0.377 e. The second-order valence-corrected chi connectivity index (χ2v) is 6.02. The molecule has 0 spiro atoms. The van der Waals surface area contributed by atoms with E-state index in [2.05, 4.69) is 91.5 Å². The van der Waals surface area contributed by atoms with Crippen molar-refractivity contribution in [3.05, 3.63) is 71.8 Å². The average Bonchev–Trinajstić information content (AvgIpc) is 2.56. The van der Waals surface area contributed by atoms with E-state index in [9.17, 15) is 0 Å². The zero-order valence-corrected chi connectivity index (χ0v) is 14.0. The molecule has 0 unspecified atom stereocenters. The van der Waals surface area contributed by atoms with Crippen LogP contribution in [0.25, 0.3) is 11.8 Å². The monoisotopic (exact) mass is 305 g/mol. The average molecular weight is 305 g/mol. The van der Waals surface area contributed by atoms with Gasteiger partial charge >= 0.3 is 0 Å². The number of hydrogen-bond acceptors (Lipinski definition) is 3. The van der Waals surface area contributed by atoms with E-state index in [4.69, 9.17) is 0 Å². The lowest BCUT2D eigenvalue weighted by molar-refractivity contribution is 0.802. The van der Waals surface area contributed by atoms with E-state index < -0.39 is 0 Å². The van der Waals surface area contributed by atoms with Crippen LogP contribution in [0.1, 0.15) is 16.7 Å². The molecular formula is C20H23N3. The van der Waals surface area contributed by atoms with Gasteiger partial charge < -0.3 is 4.90 Å². The predicted molar refractivity (Wildman–Crippen MR) is 100 cm³/mol. The Kier molecular flexibility index (Phi) is 4.11. The highest BCUT2D eigenvalue weighted by Gasteiger charge is 2.16. The second-order valence-electron chi connectivity index (χ2n) is 6.02. The molecule has 0 saturated heterocycles. The largest absolute Gasteiger partial charge is 0.377 e. The van der Waals surface area contributed by atoms with Crippen molar-refractivity contribution in [1.82, 2.24) is 5.43 Å². The zero-order valence-electron chi connectivity index (χ0n) is 14.0. The SMILES string of the molecule is C=C(NN1CC=Cc2c(C)cccc21)c1ccccc1N(C)C. The lowest BCUT2D eigenvalue weighted by Gasteiger charge is -2.31. The molecule has 3 heteroatoms. The topological polar surface area (TPSA) is 18.5 Å². The van der Waals surface area contributed by atoms with Crippen molar-refractivity contribution in [3.63, 3.8) is 0 Å². The summed E-state index contributed by atoms with van der Waals surface area (Å²) in [5.74, 6) is 0. The summed E-state index contributed by atoms with van der Waals surface area (Å²) in [7, 11) is 4.10. The third-order valence-electron chi connectivity index (χ3n) is 4.15. The fraction of sp³-hybridized carbons (Fsp3) is 0.200. The van der Waals surface area contributed by atoms with Gasteiger partial charge in [0.05, 0.1) is 17.9 Å². The fourth-order valence-electron chi connectivity index (χ4n) is 2.94. The molecule has 0 radical (unpaired) electrons. The van der Waals surface area contributed by atoms with Crippen LogP contribution < -0.4 is 15.3 Å². The molecule has 118 valence electrons. The maximum atomic E-state index is 4.25. The number of aryl methyl sites for hydroxylation is 1. The normalized spacial score (nSPS) is 12.7. The fourth-order valence-corrected chi connectivity index (χ4v) is 2.94. The van der Waals surface area contributed by atoms with Gasteiger partial charge in [0.15, 0.2) is 0 Å². The number of hydrogen-bond donors (Lipinski definition) is 1. The molecule has 23 heavy (non-hydrogen) atoms. The highest BCUT2D eigenvalue weighted by molar-refractivity contribution is 5.78. The van der Waals surface area contributed by atoms with Gasteiger partial charge in [-0.25, -0.2) is 0 Å². The zero-order chi connectivity index (χ0) is 16.4. The van der Waals surface area contributed by atoms with Crippen LogP contribution in [0, 0.1) is 6.92 Å². The molecule has 0 saturated carbocycles. The highest BCUT2D eigenvalue weighted by Crippen LogP contribution is 2.29. The van der Waals surface area contributed by atoms with Gasteiger partial charge in [0, 0.05) is 30.9 Å². The number of hydrazine groups is 1. The lowest BCUT2D eigenvalue weighted by atomic mass is 10.0. The van der Waals surface area contributed by atoms with Crippen molar-refractivity contribution in [2.75, 3.05) is 30.5 Å². The van der Waals surface area contributed by atoms with E-state index in [-0.39, 0.29) is 0 Å². The van der Waals surface area contributed by atoms with Gasteiger partial charge in [-0.15, -0.1) is 0 Å². The summed E-state index contributed by atoms with van der Waals surface area (Å²) in [6, 6.07) is 14.7. The van der Waals surface area contributed by atoms with Gasteiger partial charge in [-0.05, 0) is 24.6 Å². The molecule has 0 atom stereocenters. The smallest absolute Gasteiger partial charge is 0.0650 e. The molecule has 0 aliphatic carbocycles. The van der Waals surface area contributed by atoms with E-state index in [1.165, 1.54) is 16.8 Å². The van der Waals surface area contributed by atoms with Gasteiger partial charge in [0.25, 0.3) is 0 Å². The molecule has 0 fully saturated rings. The molecule has 3 nitrogen and oxygen atoms in total. The van der Waals surface area contributed by atoms with Crippen LogP contribution in [0.3, 0.4) is 0 Å².